The fraction of sp³-hybridized carbons (Fsp3) is 0.406. The molecule has 0 saturated carbocycles. The summed E-state index contributed by atoms with van der Waals surface area (Å²) in [5.41, 5.74) is 4.59. The molecule has 38 heavy (non-hydrogen) atoms. The second kappa shape index (κ2) is 10.4. The van der Waals surface area contributed by atoms with Gasteiger partial charge in [0, 0.05) is 36.4 Å². The molecule has 200 valence electrons. The molecule has 5 rings (SSSR count). The molecule has 1 saturated heterocycles. The molecule has 1 unspecified atom stereocenters. The summed E-state index contributed by atoms with van der Waals surface area (Å²) in [5.74, 6) is 1.40. The Morgan fingerprint density at radius 3 is 2.39 bits per heavy atom. The molecule has 1 N–H and O–H groups in total. The van der Waals surface area contributed by atoms with Gasteiger partial charge in [0.05, 0.1) is 20.3 Å². The molecule has 1 amide bonds. The van der Waals surface area contributed by atoms with E-state index in [0.717, 1.165) is 77.9 Å². The van der Waals surface area contributed by atoms with Crippen LogP contribution in [0.5, 0.6) is 11.5 Å². The summed E-state index contributed by atoms with van der Waals surface area (Å²) < 4.78 is 17.5. The predicted octanol–water partition coefficient (Wildman–Crippen LogP) is 5.30. The quantitative estimate of drug-likeness (QED) is 0.464. The topological polar surface area (TPSA) is 60.0 Å². The number of hydrogen-bond acceptors (Lipinski definition) is 5. The maximum atomic E-state index is 14.2. The Labute approximate surface area is 225 Å². The van der Waals surface area contributed by atoms with E-state index in [1.807, 2.05) is 42.5 Å². The smallest absolute Gasteiger partial charge is 0.244 e. The van der Waals surface area contributed by atoms with Crippen LogP contribution in [0.15, 0.2) is 60.7 Å². The molecule has 1 fully saturated rings. The molecule has 2 aliphatic rings. The summed E-state index contributed by atoms with van der Waals surface area (Å²) in [6.45, 7) is 13.3. The van der Waals surface area contributed by atoms with Crippen molar-refractivity contribution in [3.05, 3.63) is 88.5 Å². The molecule has 0 aliphatic carbocycles. The molecule has 2 aliphatic heterocycles. The first-order valence-electron chi connectivity index (χ1n) is 13.4. The van der Waals surface area contributed by atoms with Crippen LogP contribution in [-0.4, -0.2) is 57.4 Å². The van der Waals surface area contributed by atoms with Crippen molar-refractivity contribution in [2.45, 2.75) is 38.5 Å². The second-order valence-corrected chi connectivity index (χ2v) is 11.2. The van der Waals surface area contributed by atoms with Gasteiger partial charge >= 0.3 is 0 Å². The Kier molecular flexibility index (Phi) is 7.21. The number of hydrogen-bond donors (Lipinski definition) is 1. The molecule has 0 spiro atoms. The maximum Gasteiger partial charge on any atom is 0.244 e. The zero-order valence-corrected chi connectivity index (χ0v) is 23.1. The largest absolute Gasteiger partial charge is 0.497 e. The van der Waals surface area contributed by atoms with Crippen LogP contribution in [0.25, 0.3) is 0 Å². The first kappa shape index (κ1) is 26.3. The minimum atomic E-state index is -1.07. The van der Waals surface area contributed by atoms with Crippen molar-refractivity contribution in [2.24, 2.45) is 0 Å². The number of anilines is 1. The first-order valence-corrected chi connectivity index (χ1v) is 13.4. The van der Waals surface area contributed by atoms with Crippen molar-refractivity contribution in [3.63, 3.8) is 0 Å². The Bertz CT molecular complexity index is 1310. The van der Waals surface area contributed by atoms with Gasteiger partial charge in [-0.3, -0.25) is 9.69 Å². The highest BCUT2D eigenvalue weighted by molar-refractivity contribution is 6.11. The van der Waals surface area contributed by atoms with Gasteiger partial charge in [-0.1, -0.05) is 56.7 Å². The van der Waals surface area contributed by atoms with Gasteiger partial charge < -0.3 is 19.5 Å². The van der Waals surface area contributed by atoms with E-state index in [1.165, 1.54) is 0 Å². The van der Waals surface area contributed by atoms with Gasteiger partial charge in [-0.2, -0.15) is 0 Å². The molecule has 2 heterocycles. The third-order valence-corrected chi connectivity index (χ3v) is 7.71. The monoisotopic (exact) mass is 514 g/mol. The van der Waals surface area contributed by atoms with Gasteiger partial charge in [0.15, 0.2) is 0 Å². The lowest BCUT2D eigenvalue weighted by Gasteiger charge is -2.33. The third kappa shape index (κ3) is 4.79. The van der Waals surface area contributed by atoms with Gasteiger partial charge in [0.25, 0.3) is 0 Å². The number of methoxy groups -OCH3 is 1. The van der Waals surface area contributed by atoms with E-state index < -0.39 is 5.41 Å². The van der Waals surface area contributed by atoms with Crippen LogP contribution >= 0.6 is 0 Å². The average Bonchev–Trinajstić information content (AvgIpc) is 3.20. The summed E-state index contributed by atoms with van der Waals surface area (Å²) in [6.07, 6.45) is 0. The molecular formula is C32H38N2O4. The van der Waals surface area contributed by atoms with Crippen LogP contribution in [0.1, 0.15) is 48.6 Å². The number of carbonyl (C=O) groups excluding carboxylic acids is 1. The number of ether oxygens (including phenoxy) is 3. The Morgan fingerprint density at radius 2 is 1.71 bits per heavy atom. The zero-order valence-electron chi connectivity index (χ0n) is 23.1. The van der Waals surface area contributed by atoms with E-state index in [1.54, 1.807) is 7.11 Å². The van der Waals surface area contributed by atoms with Crippen molar-refractivity contribution >= 4 is 11.6 Å². The van der Waals surface area contributed by atoms with Gasteiger partial charge in [0.2, 0.25) is 5.91 Å². The highest BCUT2D eigenvalue weighted by Crippen LogP contribution is 2.51. The van der Waals surface area contributed by atoms with E-state index >= 15 is 0 Å². The lowest BCUT2D eigenvalue weighted by molar-refractivity contribution is -0.118. The summed E-state index contributed by atoms with van der Waals surface area (Å²) in [5, 5.41) is 3.19. The van der Waals surface area contributed by atoms with Gasteiger partial charge in [-0.05, 0) is 53.8 Å². The molecule has 6 nitrogen and oxygen atoms in total. The van der Waals surface area contributed by atoms with Crippen molar-refractivity contribution in [3.8, 4) is 11.5 Å². The van der Waals surface area contributed by atoms with Crippen molar-refractivity contribution in [1.29, 1.82) is 0 Å². The van der Waals surface area contributed by atoms with E-state index in [2.05, 4.69) is 56.1 Å². The summed E-state index contributed by atoms with van der Waals surface area (Å²) in [7, 11) is 1.65. The van der Waals surface area contributed by atoms with Crippen molar-refractivity contribution < 1.29 is 19.0 Å². The number of amides is 1. The van der Waals surface area contributed by atoms with Crippen LogP contribution in [0.4, 0.5) is 5.69 Å². The Hall–Kier alpha value is -3.35. The van der Waals surface area contributed by atoms with Crippen molar-refractivity contribution in [1.82, 2.24) is 4.90 Å². The predicted molar refractivity (Wildman–Crippen MR) is 151 cm³/mol. The Balaban J connectivity index is 1.68. The van der Waals surface area contributed by atoms with Gasteiger partial charge in [-0.15, -0.1) is 0 Å². The van der Waals surface area contributed by atoms with Crippen LogP contribution in [-0.2, 0) is 20.4 Å². The minimum Gasteiger partial charge on any atom is -0.497 e. The SMILES string of the molecule is COc1ccc(C2(c3cc(C(C)(C)C)ccc3OCCN3CCOCC3)C(=O)Nc3ccc(C)cc32)cc1. The van der Waals surface area contributed by atoms with Crippen molar-refractivity contribution in [2.75, 3.05) is 51.9 Å². The lowest BCUT2D eigenvalue weighted by Crippen LogP contribution is -2.39. The fourth-order valence-electron chi connectivity index (χ4n) is 5.49. The van der Waals surface area contributed by atoms with Crippen LogP contribution in [0.2, 0.25) is 0 Å². The third-order valence-electron chi connectivity index (χ3n) is 7.71. The summed E-state index contributed by atoms with van der Waals surface area (Å²) in [6, 6.07) is 20.3. The van der Waals surface area contributed by atoms with Gasteiger partial charge in [-0.25, -0.2) is 0 Å². The molecular weight excluding hydrogens is 476 g/mol. The standard InChI is InChI=1S/C32H38N2O4/c1-22-6-12-28-26(20-22)32(30(35)33-28,23-7-10-25(36-5)11-8-23)27-21-24(31(2,3)4)9-13-29(27)38-19-16-34-14-17-37-18-15-34/h6-13,20-21H,14-19H2,1-5H3,(H,33,35). The fourth-order valence-corrected chi connectivity index (χ4v) is 5.49. The average molecular weight is 515 g/mol. The molecule has 6 heteroatoms. The molecule has 0 bridgehead atoms. The number of aryl methyl sites for hydroxylation is 1. The zero-order chi connectivity index (χ0) is 26.9. The van der Waals surface area contributed by atoms with Crippen LogP contribution < -0.4 is 14.8 Å². The van der Waals surface area contributed by atoms with Gasteiger partial charge in [0.1, 0.15) is 23.5 Å². The molecule has 0 aromatic heterocycles. The first-order chi connectivity index (χ1) is 18.2. The molecule has 0 radical (unpaired) electrons. The highest BCUT2D eigenvalue weighted by Gasteiger charge is 2.51. The Morgan fingerprint density at radius 1 is 0.974 bits per heavy atom. The number of nitrogens with zero attached hydrogens (tertiary/aromatic N) is 1. The number of rotatable bonds is 7. The number of benzene rings is 3. The van der Waals surface area contributed by atoms with E-state index in [4.69, 9.17) is 14.2 Å². The molecule has 3 aromatic rings. The van der Waals surface area contributed by atoms with E-state index in [0.29, 0.717) is 6.61 Å². The lowest BCUT2D eigenvalue weighted by atomic mass is 9.68. The van der Waals surface area contributed by atoms with Crippen LogP contribution in [0.3, 0.4) is 0 Å². The van der Waals surface area contributed by atoms with E-state index in [9.17, 15) is 4.79 Å². The molecule has 3 aromatic carbocycles. The number of nitrogens with one attached hydrogen (secondary N) is 1. The number of carbonyl (C=O) groups is 1. The van der Waals surface area contributed by atoms with Crippen LogP contribution in [0, 0.1) is 6.92 Å². The minimum absolute atomic E-state index is 0.0765. The summed E-state index contributed by atoms with van der Waals surface area (Å²) in [4.78, 5) is 16.6. The normalized spacial score (nSPS) is 19.7. The second-order valence-electron chi connectivity index (χ2n) is 11.2. The number of fused-ring (bicyclic) bond motifs is 1. The number of morpholine rings is 1. The summed E-state index contributed by atoms with van der Waals surface area (Å²) >= 11 is 0. The van der Waals surface area contributed by atoms with E-state index in [-0.39, 0.29) is 11.3 Å². The molecule has 1 atom stereocenters. The highest BCUT2D eigenvalue weighted by atomic mass is 16.5. The maximum absolute atomic E-state index is 14.2.